The zero-order chi connectivity index (χ0) is 15.8. The van der Waals surface area contributed by atoms with Gasteiger partial charge in [0, 0.05) is 18.5 Å². The predicted octanol–water partition coefficient (Wildman–Crippen LogP) is 0.740. The van der Waals surface area contributed by atoms with Crippen molar-refractivity contribution in [1.29, 1.82) is 0 Å². The fourth-order valence-electron chi connectivity index (χ4n) is 1.67. The highest BCUT2D eigenvalue weighted by atomic mass is 32.2. The van der Waals surface area contributed by atoms with Crippen LogP contribution < -0.4 is 16.6 Å². The van der Waals surface area contributed by atoms with Crippen molar-refractivity contribution >= 4 is 32.4 Å². The number of benzene rings is 1. The van der Waals surface area contributed by atoms with Crippen molar-refractivity contribution in [1.82, 2.24) is 9.97 Å². The lowest BCUT2D eigenvalue weighted by molar-refractivity contribution is 0.559. The van der Waals surface area contributed by atoms with Gasteiger partial charge in [0.15, 0.2) is 9.84 Å². The van der Waals surface area contributed by atoms with Gasteiger partial charge in [-0.1, -0.05) is 0 Å². The Morgan fingerprint density at radius 3 is 2.67 bits per heavy atom. The number of hydrogen-bond donors (Lipinski definition) is 3. The zero-order valence-electron chi connectivity index (χ0n) is 12.1. The van der Waals surface area contributed by atoms with Crippen molar-refractivity contribution in [2.75, 3.05) is 23.9 Å². The average Bonchev–Trinajstić information content (AvgIpc) is 2.36. The lowest BCUT2D eigenvalue weighted by atomic mass is 10.2. The van der Waals surface area contributed by atoms with Gasteiger partial charge in [-0.15, -0.1) is 0 Å². The van der Waals surface area contributed by atoms with Crippen LogP contribution in [0.3, 0.4) is 0 Å². The van der Waals surface area contributed by atoms with E-state index in [-0.39, 0.29) is 18.1 Å². The second-order valence-corrected chi connectivity index (χ2v) is 8.23. The molecule has 1 aromatic carbocycles. The summed E-state index contributed by atoms with van der Waals surface area (Å²) >= 11 is 0. The van der Waals surface area contributed by atoms with Crippen LogP contribution in [0, 0.1) is 0 Å². The molecular formula is C13H18N4O3S. The summed E-state index contributed by atoms with van der Waals surface area (Å²) in [6.45, 7) is 3.35. The minimum atomic E-state index is -3.23. The number of aromatic amines is 1. The molecule has 2 aromatic rings. The SMILES string of the molecule is CC(C)(CNc1nc2ccc(N)cc2c(=O)[nH]1)S(C)(=O)=O. The number of hydrogen-bond acceptors (Lipinski definition) is 6. The maximum absolute atomic E-state index is 12.0. The van der Waals surface area contributed by atoms with E-state index in [0.29, 0.717) is 16.6 Å². The molecule has 114 valence electrons. The van der Waals surface area contributed by atoms with E-state index in [4.69, 9.17) is 5.73 Å². The second kappa shape index (κ2) is 5.03. The maximum atomic E-state index is 12.0. The summed E-state index contributed by atoms with van der Waals surface area (Å²) in [7, 11) is -3.23. The van der Waals surface area contributed by atoms with E-state index >= 15 is 0 Å². The summed E-state index contributed by atoms with van der Waals surface area (Å²) in [4.78, 5) is 18.8. The smallest absolute Gasteiger partial charge is 0.260 e. The third kappa shape index (κ3) is 3.15. The van der Waals surface area contributed by atoms with Crippen LogP contribution >= 0.6 is 0 Å². The highest BCUT2D eigenvalue weighted by molar-refractivity contribution is 7.92. The molecule has 0 aliphatic carbocycles. The zero-order valence-corrected chi connectivity index (χ0v) is 12.9. The molecule has 21 heavy (non-hydrogen) atoms. The molecule has 7 nitrogen and oxygen atoms in total. The summed E-state index contributed by atoms with van der Waals surface area (Å²) in [6, 6.07) is 4.84. The van der Waals surface area contributed by atoms with Crippen LogP contribution in [0.5, 0.6) is 0 Å². The highest BCUT2D eigenvalue weighted by Crippen LogP contribution is 2.16. The Balaban J connectivity index is 2.33. The second-order valence-electron chi connectivity index (χ2n) is 5.58. The van der Waals surface area contributed by atoms with Crippen LogP contribution in [0.15, 0.2) is 23.0 Å². The molecule has 1 aromatic heterocycles. The molecule has 4 N–H and O–H groups in total. The van der Waals surface area contributed by atoms with E-state index in [1.165, 1.54) is 6.26 Å². The highest BCUT2D eigenvalue weighted by Gasteiger charge is 2.30. The molecule has 2 rings (SSSR count). The van der Waals surface area contributed by atoms with Gasteiger partial charge in [0.25, 0.3) is 5.56 Å². The van der Waals surface area contributed by atoms with Crippen molar-refractivity contribution in [3.63, 3.8) is 0 Å². The van der Waals surface area contributed by atoms with Gasteiger partial charge in [0.1, 0.15) is 0 Å². The number of fused-ring (bicyclic) bond motifs is 1. The Kier molecular flexibility index (Phi) is 3.66. The van der Waals surface area contributed by atoms with E-state index in [2.05, 4.69) is 15.3 Å². The van der Waals surface area contributed by atoms with Crippen LogP contribution in [0.25, 0.3) is 10.9 Å². The number of nitrogens with zero attached hydrogens (tertiary/aromatic N) is 1. The largest absolute Gasteiger partial charge is 0.399 e. The van der Waals surface area contributed by atoms with E-state index in [1.54, 1.807) is 32.0 Å². The van der Waals surface area contributed by atoms with Crippen LogP contribution in [0.1, 0.15) is 13.8 Å². The van der Waals surface area contributed by atoms with Crippen molar-refractivity contribution in [3.8, 4) is 0 Å². The topological polar surface area (TPSA) is 118 Å². The molecule has 1 heterocycles. The molecule has 0 spiro atoms. The first-order valence-corrected chi connectivity index (χ1v) is 8.22. The Morgan fingerprint density at radius 2 is 2.05 bits per heavy atom. The average molecular weight is 310 g/mol. The quantitative estimate of drug-likeness (QED) is 0.717. The van der Waals surface area contributed by atoms with Gasteiger partial charge >= 0.3 is 0 Å². The summed E-state index contributed by atoms with van der Waals surface area (Å²) in [5.41, 5.74) is 6.28. The Bertz CT molecular complexity index is 840. The van der Waals surface area contributed by atoms with Gasteiger partial charge in [-0.3, -0.25) is 9.78 Å². The first kappa shape index (κ1) is 15.3. The van der Waals surface area contributed by atoms with E-state index in [0.717, 1.165) is 0 Å². The molecule has 0 saturated carbocycles. The number of aromatic nitrogens is 2. The number of nitrogen functional groups attached to an aromatic ring is 1. The van der Waals surface area contributed by atoms with Gasteiger partial charge in [0.05, 0.1) is 15.6 Å². The van der Waals surface area contributed by atoms with Gasteiger partial charge in [0.2, 0.25) is 5.95 Å². The molecule has 0 amide bonds. The third-order valence-electron chi connectivity index (χ3n) is 3.41. The third-order valence-corrected chi connectivity index (χ3v) is 5.57. The number of H-pyrrole nitrogens is 1. The predicted molar refractivity (Wildman–Crippen MR) is 84.2 cm³/mol. The molecule has 0 fully saturated rings. The van der Waals surface area contributed by atoms with E-state index in [9.17, 15) is 13.2 Å². The lowest BCUT2D eigenvalue weighted by Crippen LogP contribution is -2.38. The van der Waals surface area contributed by atoms with Crippen molar-refractivity contribution in [2.45, 2.75) is 18.6 Å². The number of anilines is 2. The van der Waals surface area contributed by atoms with E-state index in [1.807, 2.05) is 0 Å². The van der Waals surface area contributed by atoms with Crippen molar-refractivity contribution in [2.24, 2.45) is 0 Å². The van der Waals surface area contributed by atoms with Crippen LogP contribution in [0.2, 0.25) is 0 Å². The summed E-state index contributed by atoms with van der Waals surface area (Å²) < 4.78 is 22.3. The molecule has 0 aliphatic rings. The summed E-state index contributed by atoms with van der Waals surface area (Å²) in [5.74, 6) is 0.231. The maximum Gasteiger partial charge on any atom is 0.260 e. The lowest BCUT2D eigenvalue weighted by Gasteiger charge is -2.22. The Hall–Kier alpha value is -2.09. The summed E-state index contributed by atoms with van der Waals surface area (Å²) in [6.07, 6.45) is 1.17. The van der Waals surface area contributed by atoms with Crippen LogP contribution in [-0.2, 0) is 9.84 Å². The summed E-state index contributed by atoms with van der Waals surface area (Å²) in [5, 5.41) is 3.25. The molecule has 0 saturated heterocycles. The fourth-order valence-corrected chi connectivity index (χ4v) is 2.00. The number of rotatable bonds is 4. The van der Waals surface area contributed by atoms with Gasteiger partial charge in [-0.25, -0.2) is 13.4 Å². The number of nitrogens with two attached hydrogens (primary N) is 1. The fraction of sp³-hybridized carbons (Fsp3) is 0.385. The van der Waals surface area contributed by atoms with Crippen LogP contribution in [-0.4, -0.2) is 35.9 Å². The molecule has 8 heteroatoms. The Labute approximate surface area is 122 Å². The molecule has 0 aliphatic heterocycles. The van der Waals surface area contributed by atoms with Gasteiger partial charge in [-0.2, -0.15) is 0 Å². The number of sulfone groups is 1. The molecule has 0 atom stereocenters. The van der Waals surface area contributed by atoms with Gasteiger partial charge in [-0.05, 0) is 32.0 Å². The molecule has 0 bridgehead atoms. The Morgan fingerprint density at radius 1 is 1.38 bits per heavy atom. The first-order valence-electron chi connectivity index (χ1n) is 6.33. The van der Waals surface area contributed by atoms with Crippen molar-refractivity contribution < 1.29 is 8.42 Å². The first-order chi connectivity index (χ1) is 9.60. The molecule has 0 unspecified atom stereocenters. The standard InChI is InChI=1S/C13H18N4O3S/c1-13(2,21(3,19)20)7-15-12-16-10-5-4-8(14)6-9(10)11(18)17-12/h4-6H,7,14H2,1-3H3,(H2,15,16,17,18). The normalized spacial score (nSPS) is 12.5. The number of nitrogens with one attached hydrogen (secondary N) is 2. The molecule has 0 radical (unpaired) electrons. The minimum Gasteiger partial charge on any atom is -0.399 e. The van der Waals surface area contributed by atoms with Crippen LogP contribution in [0.4, 0.5) is 11.6 Å². The minimum absolute atomic E-state index is 0.134. The van der Waals surface area contributed by atoms with E-state index < -0.39 is 14.6 Å². The molecular weight excluding hydrogens is 292 g/mol. The van der Waals surface area contributed by atoms with Gasteiger partial charge < -0.3 is 11.1 Å². The van der Waals surface area contributed by atoms with Crippen molar-refractivity contribution in [3.05, 3.63) is 28.6 Å². The monoisotopic (exact) mass is 310 g/mol.